The third kappa shape index (κ3) is 3.20. The van der Waals surface area contributed by atoms with E-state index in [0.717, 1.165) is 24.8 Å². The van der Waals surface area contributed by atoms with Gasteiger partial charge >= 0.3 is 0 Å². The molecule has 3 unspecified atom stereocenters. The summed E-state index contributed by atoms with van der Waals surface area (Å²) in [6, 6.07) is 7.95. The highest BCUT2D eigenvalue weighted by molar-refractivity contribution is 5.93. The number of aliphatic hydroxyl groups excluding tert-OH is 1. The van der Waals surface area contributed by atoms with Gasteiger partial charge in [-0.3, -0.25) is 4.79 Å². The van der Waals surface area contributed by atoms with E-state index in [1.165, 1.54) is 12.0 Å². The van der Waals surface area contributed by atoms with Crippen molar-refractivity contribution in [1.82, 2.24) is 0 Å². The number of ketones is 1. The summed E-state index contributed by atoms with van der Waals surface area (Å²) in [6.07, 6.45) is 4.39. The molecule has 18 heavy (non-hydrogen) atoms. The van der Waals surface area contributed by atoms with Crippen LogP contribution >= 0.6 is 0 Å². The molecule has 0 radical (unpaired) electrons. The largest absolute Gasteiger partial charge is 0.393 e. The van der Waals surface area contributed by atoms with Crippen LogP contribution in [0.25, 0.3) is 0 Å². The molecule has 0 heterocycles. The van der Waals surface area contributed by atoms with E-state index in [0.29, 0.717) is 11.8 Å². The van der Waals surface area contributed by atoms with Crippen molar-refractivity contribution >= 4 is 5.78 Å². The molecule has 1 fully saturated rings. The van der Waals surface area contributed by atoms with Crippen LogP contribution in [0.4, 0.5) is 0 Å². The van der Waals surface area contributed by atoms with Gasteiger partial charge in [0.25, 0.3) is 0 Å². The van der Waals surface area contributed by atoms with Gasteiger partial charge in [0.2, 0.25) is 0 Å². The second kappa shape index (κ2) is 5.66. The molecule has 0 aromatic heterocycles. The van der Waals surface area contributed by atoms with E-state index >= 15 is 0 Å². The van der Waals surface area contributed by atoms with Gasteiger partial charge in [0, 0.05) is 5.56 Å². The fourth-order valence-corrected chi connectivity index (χ4v) is 2.95. The molecule has 2 nitrogen and oxygen atoms in total. The summed E-state index contributed by atoms with van der Waals surface area (Å²) >= 11 is 0. The van der Waals surface area contributed by atoms with E-state index in [9.17, 15) is 9.90 Å². The first-order chi connectivity index (χ1) is 8.56. The Morgan fingerprint density at radius 2 is 2.00 bits per heavy atom. The van der Waals surface area contributed by atoms with Crippen LogP contribution < -0.4 is 0 Å². The van der Waals surface area contributed by atoms with Crippen molar-refractivity contribution in [3.8, 4) is 0 Å². The predicted molar refractivity (Wildman–Crippen MR) is 72.7 cm³/mol. The molecule has 98 valence electrons. The van der Waals surface area contributed by atoms with Crippen LogP contribution in [0.1, 0.15) is 49.0 Å². The zero-order valence-electron chi connectivity index (χ0n) is 11.2. The van der Waals surface area contributed by atoms with Gasteiger partial charge in [-0.15, -0.1) is 0 Å². The lowest BCUT2D eigenvalue weighted by atomic mass is 9.94. The number of benzene rings is 1. The van der Waals surface area contributed by atoms with Crippen LogP contribution in [-0.2, 0) is 6.42 Å². The average Bonchev–Trinajstić information content (AvgIpc) is 2.78. The molecule has 0 bridgehead atoms. The molecule has 0 saturated heterocycles. The summed E-state index contributed by atoms with van der Waals surface area (Å²) in [5, 5.41) is 9.60. The van der Waals surface area contributed by atoms with E-state index in [1.54, 1.807) is 6.92 Å². The van der Waals surface area contributed by atoms with Crippen molar-refractivity contribution in [3.63, 3.8) is 0 Å². The van der Waals surface area contributed by atoms with Crippen LogP contribution in [0.3, 0.4) is 0 Å². The quantitative estimate of drug-likeness (QED) is 0.828. The molecule has 1 aromatic rings. The molecular weight excluding hydrogens is 224 g/mol. The fraction of sp³-hybridized carbons (Fsp3) is 0.562. The highest BCUT2D eigenvalue weighted by atomic mass is 16.3. The standard InChI is InChI=1S/C16H22O2/c1-11(17)15-6-3-13(4-7-15)9-14-5-8-16(10-14)12(2)18/h3-4,6-7,12,14,16,18H,5,8-10H2,1-2H3. The predicted octanol–water partition coefficient (Wildman–Crippen LogP) is 3.23. The van der Waals surface area contributed by atoms with Crippen molar-refractivity contribution < 1.29 is 9.90 Å². The molecule has 2 heteroatoms. The Bertz CT molecular complexity index is 406. The second-order valence-electron chi connectivity index (χ2n) is 5.64. The number of hydrogen-bond acceptors (Lipinski definition) is 2. The first-order valence-corrected chi connectivity index (χ1v) is 6.84. The van der Waals surface area contributed by atoms with E-state index in [-0.39, 0.29) is 11.9 Å². The minimum Gasteiger partial charge on any atom is -0.393 e. The first kappa shape index (κ1) is 13.3. The van der Waals surface area contributed by atoms with Gasteiger partial charge in [-0.25, -0.2) is 0 Å². The van der Waals surface area contributed by atoms with Crippen LogP contribution in [0.2, 0.25) is 0 Å². The van der Waals surface area contributed by atoms with Gasteiger partial charge in [0.05, 0.1) is 6.10 Å². The third-order valence-electron chi connectivity index (χ3n) is 4.15. The average molecular weight is 246 g/mol. The molecule has 1 aliphatic rings. The van der Waals surface area contributed by atoms with Gasteiger partial charge in [-0.05, 0) is 56.9 Å². The molecule has 0 amide bonds. The molecule has 1 N–H and O–H groups in total. The van der Waals surface area contributed by atoms with Crippen LogP contribution in [0.5, 0.6) is 0 Å². The van der Waals surface area contributed by atoms with Gasteiger partial charge < -0.3 is 5.11 Å². The van der Waals surface area contributed by atoms with Gasteiger partial charge in [0.1, 0.15) is 0 Å². The minimum absolute atomic E-state index is 0.122. The zero-order chi connectivity index (χ0) is 13.1. The zero-order valence-corrected chi connectivity index (χ0v) is 11.2. The number of carbonyl (C=O) groups is 1. The second-order valence-corrected chi connectivity index (χ2v) is 5.64. The minimum atomic E-state index is -0.171. The third-order valence-corrected chi connectivity index (χ3v) is 4.15. The van der Waals surface area contributed by atoms with Crippen molar-refractivity contribution in [2.24, 2.45) is 11.8 Å². The normalized spacial score (nSPS) is 25.1. The van der Waals surface area contributed by atoms with E-state index < -0.39 is 0 Å². The van der Waals surface area contributed by atoms with E-state index in [2.05, 4.69) is 12.1 Å². The Morgan fingerprint density at radius 3 is 2.50 bits per heavy atom. The van der Waals surface area contributed by atoms with Crippen molar-refractivity contribution in [2.45, 2.75) is 45.6 Å². The summed E-state index contributed by atoms with van der Waals surface area (Å²) in [6.45, 7) is 3.49. The SMILES string of the molecule is CC(=O)c1ccc(CC2CCC(C(C)O)C2)cc1. The first-order valence-electron chi connectivity index (χ1n) is 6.84. The van der Waals surface area contributed by atoms with E-state index in [4.69, 9.17) is 0 Å². The highest BCUT2D eigenvalue weighted by Crippen LogP contribution is 2.35. The highest BCUT2D eigenvalue weighted by Gasteiger charge is 2.27. The van der Waals surface area contributed by atoms with Gasteiger partial charge in [0.15, 0.2) is 5.78 Å². The summed E-state index contributed by atoms with van der Waals surface area (Å²) in [4.78, 5) is 11.2. The van der Waals surface area contributed by atoms with Crippen LogP contribution in [-0.4, -0.2) is 17.0 Å². The van der Waals surface area contributed by atoms with Crippen LogP contribution in [0, 0.1) is 11.8 Å². The number of Topliss-reactive ketones (excluding diaryl/α,β-unsaturated/α-hetero) is 1. The maximum Gasteiger partial charge on any atom is 0.159 e. The Kier molecular flexibility index (Phi) is 4.18. The molecule has 3 atom stereocenters. The Balaban J connectivity index is 1.92. The van der Waals surface area contributed by atoms with Gasteiger partial charge in [-0.1, -0.05) is 24.3 Å². The fourth-order valence-electron chi connectivity index (χ4n) is 2.95. The van der Waals surface area contributed by atoms with Crippen molar-refractivity contribution in [3.05, 3.63) is 35.4 Å². The van der Waals surface area contributed by atoms with Crippen LogP contribution in [0.15, 0.2) is 24.3 Å². The molecule has 1 aromatic carbocycles. The lowest BCUT2D eigenvalue weighted by Gasteiger charge is -2.14. The molecule has 1 aliphatic carbocycles. The molecule has 2 rings (SSSR count). The lowest BCUT2D eigenvalue weighted by molar-refractivity contribution is 0.101. The number of aliphatic hydroxyl groups is 1. The number of rotatable bonds is 4. The number of carbonyl (C=O) groups excluding carboxylic acids is 1. The molecule has 0 spiro atoms. The van der Waals surface area contributed by atoms with Gasteiger partial charge in [-0.2, -0.15) is 0 Å². The summed E-state index contributed by atoms with van der Waals surface area (Å²) in [7, 11) is 0. The summed E-state index contributed by atoms with van der Waals surface area (Å²) in [5.74, 6) is 1.29. The Morgan fingerprint density at radius 1 is 1.33 bits per heavy atom. The maximum atomic E-state index is 11.2. The number of hydrogen-bond donors (Lipinski definition) is 1. The smallest absolute Gasteiger partial charge is 0.159 e. The maximum absolute atomic E-state index is 11.2. The monoisotopic (exact) mass is 246 g/mol. The molecular formula is C16H22O2. The summed E-state index contributed by atoms with van der Waals surface area (Å²) in [5.41, 5.74) is 2.09. The van der Waals surface area contributed by atoms with E-state index in [1.807, 2.05) is 19.1 Å². The molecule has 1 saturated carbocycles. The lowest BCUT2D eigenvalue weighted by Crippen LogP contribution is -2.13. The topological polar surface area (TPSA) is 37.3 Å². The van der Waals surface area contributed by atoms with Crippen molar-refractivity contribution in [2.75, 3.05) is 0 Å². The Labute approximate surface area is 109 Å². The van der Waals surface area contributed by atoms with Crippen molar-refractivity contribution in [1.29, 1.82) is 0 Å². The molecule has 0 aliphatic heterocycles. The Hall–Kier alpha value is -1.15. The summed E-state index contributed by atoms with van der Waals surface area (Å²) < 4.78 is 0.